The van der Waals surface area contributed by atoms with Crippen molar-refractivity contribution in [2.24, 2.45) is 5.73 Å². The number of nitrogens with zero attached hydrogens (tertiary/aromatic N) is 2. The van der Waals surface area contributed by atoms with Crippen LogP contribution in [0.1, 0.15) is 32.1 Å². The van der Waals surface area contributed by atoms with Crippen LogP contribution in [-0.2, 0) is 0 Å². The number of amides is 2. The molecule has 0 aliphatic rings. The summed E-state index contributed by atoms with van der Waals surface area (Å²) < 4.78 is 1.44. The third kappa shape index (κ3) is 4.00. The van der Waals surface area contributed by atoms with Crippen molar-refractivity contribution < 1.29 is 4.79 Å². The summed E-state index contributed by atoms with van der Waals surface area (Å²) in [5, 5.41) is 6.16. The Kier molecular flexibility index (Phi) is 5.96. The van der Waals surface area contributed by atoms with E-state index in [2.05, 4.69) is 15.6 Å². The van der Waals surface area contributed by atoms with Crippen molar-refractivity contribution in [3.8, 4) is 5.69 Å². The summed E-state index contributed by atoms with van der Waals surface area (Å²) in [4.78, 5) is 29.7. The van der Waals surface area contributed by atoms with Gasteiger partial charge in [-0.3, -0.25) is 9.36 Å². The monoisotopic (exact) mass is 399 g/mol. The number of halogens is 1. The molecular weight excluding hydrogens is 378 g/mol. The number of hydrogen-bond donors (Lipinski definition) is 3. The predicted molar refractivity (Wildman–Crippen MR) is 112 cm³/mol. The molecule has 3 rings (SSSR count). The maximum Gasteiger partial charge on any atom is 0.319 e. The van der Waals surface area contributed by atoms with E-state index in [0.717, 1.165) is 6.42 Å². The Morgan fingerprint density at radius 3 is 2.75 bits per heavy atom. The van der Waals surface area contributed by atoms with E-state index in [0.29, 0.717) is 39.7 Å². The van der Waals surface area contributed by atoms with E-state index in [1.165, 1.54) is 4.57 Å². The highest BCUT2D eigenvalue weighted by atomic mass is 35.5. The summed E-state index contributed by atoms with van der Waals surface area (Å²) in [7, 11) is 0. The van der Waals surface area contributed by atoms with Gasteiger partial charge in [0.05, 0.1) is 27.7 Å². The number of carbonyl (C=O) groups excluding carboxylic acids is 1. The van der Waals surface area contributed by atoms with Crippen LogP contribution in [-0.4, -0.2) is 22.1 Å². The van der Waals surface area contributed by atoms with Gasteiger partial charge in [-0.2, -0.15) is 0 Å². The zero-order chi connectivity index (χ0) is 20.3. The van der Waals surface area contributed by atoms with Gasteiger partial charge in [-0.05, 0) is 43.7 Å². The number of fused-ring (bicyclic) bond motifs is 1. The number of benzene rings is 2. The zero-order valence-electron chi connectivity index (χ0n) is 15.7. The molecule has 3 aromatic rings. The molecule has 1 heterocycles. The Bertz CT molecular complexity index is 1080. The van der Waals surface area contributed by atoms with Crippen molar-refractivity contribution >= 4 is 34.2 Å². The topological polar surface area (TPSA) is 102 Å². The number of carbonyl (C=O) groups is 1. The molecule has 28 heavy (non-hydrogen) atoms. The van der Waals surface area contributed by atoms with Crippen molar-refractivity contribution in [2.75, 3.05) is 11.9 Å². The highest BCUT2D eigenvalue weighted by molar-refractivity contribution is 6.35. The number of nitrogens with one attached hydrogen (secondary N) is 2. The molecule has 7 nitrogen and oxygen atoms in total. The van der Waals surface area contributed by atoms with Gasteiger partial charge < -0.3 is 16.4 Å². The molecule has 8 heteroatoms. The Hall–Kier alpha value is -2.90. The Labute approximate surface area is 167 Å². The number of urea groups is 1. The normalized spacial score (nSPS) is 12.0. The first kappa shape index (κ1) is 19.9. The zero-order valence-corrected chi connectivity index (χ0v) is 16.5. The van der Waals surface area contributed by atoms with Crippen molar-refractivity contribution in [1.29, 1.82) is 0 Å². The second kappa shape index (κ2) is 8.41. The SMILES string of the molecule is CCCNC(=O)Nc1cccc(-n2c([C@H](C)N)nc3cccc(Cl)c3c2=O)c1. The van der Waals surface area contributed by atoms with Gasteiger partial charge in [-0.25, -0.2) is 9.78 Å². The van der Waals surface area contributed by atoms with Gasteiger partial charge in [-0.15, -0.1) is 0 Å². The number of nitrogens with two attached hydrogens (primary N) is 1. The largest absolute Gasteiger partial charge is 0.338 e. The molecule has 0 unspecified atom stereocenters. The first-order valence-corrected chi connectivity index (χ1v) is 9.42. The van der Waals surface area contributed by atoms with Crippen LogP contribution >= 0.6 is 11.6 Å². The summed E-state index contributed by atoms with van der Waals surface area (Å²) in [6, 6.07) is 11.3. The van der Waals surface area contributed by atoms with Crippen LogP contribution < -0.4 is 21.9 Å². The van der Waals surface area contributed by atoms with E-state index < -0.39 is 6.04 Å². The molecule has 1 atom stereocenters. The molecule has 0 radical (unpaired) electrons. The summed E-state index contributed by atoms with van der Waals surface area (Å²) in [6.45, 7) is 4.31. The molecule has 0 saturated heterocycles. The molecule has 2 amide bonds. The van der Waals surface area contributed by atoms with Crippen LogP contribution in [0.4, 0.5) is 10.5 Å². The molecular formula is C20H22ClN5O2. The Morgan fingerprint density at radius 1 is 1.29 bits per heavy atom. The van der Waals surface area contributed by atoms with E-state index in [-0.39, 0.29) is 11.6 Å². The van der Waals surface area contributed by atoms with Crippen molar-refractivity contribution in [1.82, 2.24) is 14.9 Å². The fraction of sp³-hybridized carbons (Fsp3) is 0.250. The summed E-state index contributed by atoms with van der Waals surface area (Å²) in [6.07, 6.45) is 0.837. The lowest BCUT2D eigenvalue weighted by Gasteiger charge is -2.17. The second-order valence-corrected chi connectivity index (χ2v) is 6.87. The van der Waals surface area contributed by atoms with Gasteiger partial charge in [0.2, 0.25) is 0 Å². The summed E-state index contributed by atoms with van der Waals surface area (Å²) in [5.74, 6) is 0.410. The van der Waals surface area contributed by atoms with Crippen LogP contribution in [0, 0.1) is 0 Å². The molecule has 0 spiro atoms. The number of hydrogen-bond acceptors (Lipinski definition) is 4. The molecule has 0 aliphatic heterocycles. The molecule has 0 saturated carbocycles. The van der Waals surface area contributed by atoms with Gasteiger partial charge in [0.15, 0.2) is 0 Å². The molecule has 4 N–H and O–H groups in total. The molecule has 0 aliphatic carbocycles. The smallest absolute Gasteiger partial charge is 0.319 e. The second-order valence-electron chi connectivity index (χ2n) is 6.46. The van der Waals surface area contributed by atoms with Crippen molar-refractivity contribution in [3.63, 3.8) is 0 Å². The van der Waals surface area contributed by atoms with E-state index in [1.54, 1.807) is 49.4 Å². The van der Waals surface area contributed by atoms with Gasteiger partial charge >= 0.3 is 6.03 Å². The average Bonchev–Trinajstić information content (AvgIpc) is 2.66. The van der Waals surface area contributed by atoms with Gasteiger partial charge in [-0.1, -0.05) is 30.7 Å². The fourth-order valence-corrected chi connectivity index (χ4v) is 3.15. The predicted octanol–water partition coefficient (Wildman–Crippen LogP) is 3.59. The van der Waals surface area contributed by atoms with Gasteiger partial charge in [0.1, 0.15) is 5.82 Å². The van der Waals surface area contributed by atoms with Crippen LogP contribution in [0.15, 0.2) is 47.3 Å². The molecule has 0 fully saturated rings. The lowest BCUT2D eigenvalue weighted by atomic mass is 10.2. The quantitative estimate of drug-likeness (QED) is 0.610. The Morgan fingerprint density at radius 2 is 2.04 bits per heavy atom. The number of aromatic nitrogens is 2. The molecule has 0 bridgehead atoms. The third-order valence-electron chi connectivity index (χ3n) is 4.18. The van der Waals surface area contributed by atoms with Crippen LogP contribution in [0.3, 0.4) is 0 Å². The van der Waals surface area contributed by atoms with E-state index >= 15 is 0 Å². The molecule has 1 aromatic heterocycles. The lowest BCUT2D eigenvalue weighted by Crippen LogP contribution is -2.29. The van der Waals surface area contributed by atoms with Gasteiger partial charge in [0.25, 0.3) is 5.56 Å². The lowest BCUT2D eigenvalue weighted by molar-refractivity contribution is 0.252. The first-order valence-electron chi connectivity index (χ1n) is 9.04. The maximum atomic E-state index is 13.2. The van der Waals surface area contributed by atoms with Crippen LogP contribution in [0.5, 0.6) is 0 Å². The minimum atomic E-state index is -0.486. The standard InChI is InChI=1S/C20H22ClN5O2/c1-3-10-23-20(28)24-13-6-4-7-14(11-13)26-18(12(2)22)25-16-9-5-8-15(21)17(16)19(26)27/h4-9,11-12H,3,10,22H2,1-2H3,(H2,23,24,28)/t12-/m0/s1. The average molecular weight is 400 g/mol. The highest BCUT2D eigenvalue weighted by Gasteiger charge is 2.17. The fourth-order valence-electron chi connectivity index (χ4n) is 2.90. The first-order chi connectivity index (χ1) is 13.4. The minimum Gasteiger partial charge on any atom is -0.338 e. The third-order valence-corrected chi connectivity index (χ3v) is 4.49. The van der Waals surface area contributed by atoms with Crippen LogP contribution in [0.2, 0.25) is 5.02 Å². The number of anilines is 1. The van der Waals surface area contributed by atoms with Gasteiger partial charge in [0, 0.05) is 12.2 Å². The Balaban J connectivity index is 2.13. The van der Waals surface area contributed by atoms with Crippen LogP contribution in [0.25, 0.3) is 16.6 Å². The minimum absolute atomic E-state index is 0.307. The maximum absolute atomic E-state index is 13.2. The summed E-state index contributed by atoms with van der Waals surface area (Å²) in [5.41, 5.74) is 7.36. The molecule has 146 valence electrons. The highest BCUT2D eigenvalue weighted by Crippen LogP contribution is 2.23. The van der Waals surface area contributed by atoms with E-state index in [9.17, 15) is 9.59 Å². The summed E-state index contributed by atoms with van der Waals surface area (Å²) >= 11 is 6.25. The number of rotatable bonds is 5. The van der Waals surface area contributed by atoms with E-state index in [4.69, 9.17) is 17.3 Å². The molecule has 2 aromatic carbocycles. The van der Waals surface area contributed by atoms with E-state index in [1.807, 2.05) is 6.92 Å². The van der Waals surface area contributed by atoms with Crippen molar-refractivity contribution in [3.05, 3.63) is 63.7 Å². The van der Waals surface area contributed by atoms with Crippen molar-refractivity contribution in [2.45, 2.75) is 26.3 Å².